The van der Waals surface area contributed by atoms with Crippen LogP contribution >= 0.6 is 0 Å². The zero-order chi connectivity index (χ0) is 18.4. The van der Waals surface area contributed by atoms with E-state index < -0.39 is 11.8 Å². The summed E-state index contributed by atoms with van der Waals surface area (Å²) in [5.41, 5.74) is 5.40. The number of ketones is 1. The molecule has 0 aliphatic carbocycles. The molecule has 2 rings (SSSR count). The number of aromatic amines is 1. The molecule has 0 radical (unpaired) electrons. The Kier molecular flexibility index (Phi) is 5.78. The first kappa shape index (κ1) is 18.1. The Hall–Kier alpha value is -3.29. The zero-order valence-corrected chi connectivity index (χ0v) is 14.1. The molecule has 0 spiro atoms. The summed E-state index contributed by atoms with van der Waals surface area (Å²) in [4.78, 5) is 38.0. The Labute approximate surface area is 144 Å². The Morgan fingerprint density at radius 2 is 1.76 bits per heavy atom. The van der Waals surface area contributed by atoms with Crippen LogP contribution in [-0.4, -0.2) is 36.3 Å². The molecule has 8 nitrogen and oxygen atoms in total. The molecular formula is C17H19N3O5. The molecule has 2 aromatic rings. The highest BCUT2D eigenvalue weighted by Gasteiger charge is 2.14. The maximum Gasteiger partial charge on any atom is 0.286 e. The molecule has 2 amide bonds. The lowest BCUT2D eigenvalue weighted by molar-refractivity contribution is 0.0844. The predicted octanol–water partition coefficient (Wildman–Crippen LogP) is 1.70. The number of aromatic nitrogens is 1. The van der Waals surface area contributed by atoms with Gasteiger partial charge < -0.3 is 14.5 Å². The van der Waals surface area contributed by atoms with Gasteiger partial charge in [0.25, 0.3) is 11.8 Å². The van der Waals surface area contributed by atoms with Crippen molar-refractivity contribution in [2.75, 3.05) is 13.7 Å². The van der Waals surface area contributed by atoms with Gasteiger partial charge in [0.15, 0.2) is 17.3 Å². The summed E-state index contributed by atoms with van der Waals surface area (Å²) in [7, 11) is 1.47. The molecular weight excluding hydrogens is 326 g/mol. The summed E-state index contributed by atoms with van der Waals surface area (Å²) in [6.45, 7) is 3.70. The number of hydrogen-bond acceptors (Lipinski definition) is 5. The molecule has 1 heterocycles. The molecule has 0 saturated carbocycles. The SMILES string of the molecule is CCOc1ccc(C(=O)NNC(=O)c2cc(C(C)=O)c[nH]2)cc1OC. The predicted molar refractivity (Wildman–Crippen MR) is 89.9 cm³/mol. The van der Waals surface area contributed by atoms with E-state index >= 15 is 0 Å². The van der Waals surface area contributed by atoms with Crippen molar-refractivity contribution in [2.24, 2.45) is 0 Å². The Morgan fingerprint density at radius 3 is 2.36 bits per heavy atom. The summed E-state index contributed by atoms with van der Waals surface area (Å²) < 4.78 is 10.6. The summed E-state index contributed by atoms with van der Waals surface area (Å²) >= 11 is 0. The van der Waals surface area contributed by atoms with Gasteiger partial charge in [-0.3, -0.25) is 25.2 Å². The fourth-order valence-electron chi connectivity index (χ4n) is 2.07. The highest BCUT2D eigenvalue weighted by Crippen LogP contribution is 2.27. The van der Waals surface area contributed by atoms with Crippen LogP contribution in [0.2, 0.25) is 0 Å². The molecule has 0 bridgehead atoms. The minimum absolute atomic E-state index is 0.162. The summed E-state index contributed by atoms with van der Waals surface area (Å²) in [5, 5.41) is 0. The molecule has 132 valence electrons. The van der Waals surface area contributed by atoms with Crippen LogP contribution in [-0.2, 0) is 0 Å². The second-order valence-corrected chi connectivity index (χ2v) is 5.07. The number of methoxy groups -OCH3 is 1. The van der Waals surface area contributed by atoms with Crippen molar-refractivity contribution < 1.29 is 23.9 Å². The normalized spacial score (nSPS) is 10.0. The van der Waals surface area contributed by atoms with Gasteiger partial charge in [0, 0.05) is 17.3 Å². The van der Waals surface area contributed by atoms with Gasteiger partial charge >= 0.3 is 0 Å². The van der Waals surface area contributed by atoms with E-state index in [-0.39, 0.29) is 17.0 Å². The van der Waals surface area contributed by atoms with Crippen molar-refractivity contribution in [1.82, 2.24) is 15.8 Å². The van der Waals surface area contributed by atoms with Gasteiger partial charge in [0.05, 0.1) is 13.7 Å². The second-order valence-electron chi connectivity index (χ2n) is 5.07. The van der Waals surface area contributed by atoms with Gasteiger partial charge in [-0.1, -0.05) is 0 Å². The second kappa shape index (κ2) is 8.00. The van der Waals surface area contributed by atoms with Gasteiger partial charge in [-0.15, -0.1) is 0 Å². The average Bonchev–Trinajstić information content (AvgIpc) is 3.10. The number of hydrogen-bond donors (Lipinski definition) is 3. The number of carbonyl (C=O) groups is 3. The van der Waals surface area contributed by atoms with E-state index in [0.717, 1.165) is 0 Å². The quantitative estimate of drug-likeness (QED) is 0.545. The molecule has 3 N–H and O–H groups in total. The third-order valence-electron chi connectivity index (χ3n) is 3.35. The summed E-state index contributed by atoms with van der Waals surface area (Å²) in [6.07, 6.45) is 1.43. The van der Waals surface area contributed by atoms with E-state index in [2.05, 4.69) is 15.8 Å². The van der Waals surface area contributed by atoms with Gasteiger partial charge in [-0.25, -0.2) is 0 Å². The number of ether oxygens (including phenoxy) is 2. The first-order valence-electron chi connectivity index (χ1n) is 7.57. The first-order chi connectivity index (χ1) is 12.0. The molecule has 25 heavy (non-hydrogen) atoms. The lowest BCUT2D eigenvalue weighted by atomic mass is 10.2. The van der Waals surface area contributed by atoms with E-state index in [4.69, 9.17) is 9.47 Å². The van der Waals surface area contributed by atoms with Crippen LogP contribution in [0.25, 0.3) is 0 Å². The van der Waals surface area contributed by atoms with E-state index in [1.54, 1.807) is 12.1 Å². The maximum absolute atomic E-state index is 12.1. The van der Waals surface area contributed by atoms with Crippen molar-refractivity contribution in [3.63, 3.8) is 0 Å². The summed E-state index contributed by atoms with van der Waals surface area (Å²) in [5.74, 6) is -0.322. The molecule has 1 aromatic carbocycles. The number of nitrogens with one attached hydrogen (secondary N) is 3. The maximum atomic E-state index is 12.1. The molecule has 0 aliphatic heterocycles. The average molecular weight is 345 g/mol. The third kappa shape index (κ3) is 4.37. The van der Waals surface area contributed by atoms with Gasteiger partial charge in [0.1, 0.15) is 5.69 Å². The van der Waals surface area contributed by atoms with Gasteiger partial charge in [0.2, 0.25) is 0 Å². The van der Waals surface area contributed by atoms with Crippen LogP contribution in [0, 0.1) is 0 Å². The van der Waals surface area contributed by atoms with Crippen molar-refractivity contribution in [3.05, 3.63) is 47.3 Å². The molecule has 8 heteroatoms. The Balaban J connectivity index is 2.01. The minimum atomic E-state index is -0.571. The summed E-state index contributed by atoms with van der Waals surface area (Å²) in [6, 6.07) is 6.08. The number of rotatable bonds is 6. The molecule has 0 unspecified atom stereocenters. The van der Waals surface area contributed by atoms with E-state index in [0.29, 0.717) is 23.7 Å². The number of carbonyl (C=O) groups excluding carboxylic acids is 3. The largest absolute Gasteiger partial charge is 0.493 e. The van der Waals surface area contributed by atoms with Crippen LogP contribution in [0.15, 0.2) is 30.5 Å². The van der Waals surface area contributed by atoms with Crippen molar-refractivity contribution in [2.45, 2.75) is 13.8 Å². The monoisotopic (exact) mass is 345 g/mol. The van der Waals surface area contributed by atoms with Crippen molar-refractivity contribution >= 4 is 17.6 Å². The number of amides is 2. The van der Waals surface area contributed by atoms with Crippen LogP contribution in [0.1, 0.15) is 45.1 Å². The fraction of sp³-hybridized carbons (Fsp3) is 0.235. The fourth-order valence-corrected chi connectivity index (χ4v) is 2.07. The minimum Gasteiger partial charge on any atom is -0.493 e. The Bertz CT molecular complexity index is 797. The third-order valence-corrected chi connectivity index (χ3v) is 3.35. The molecule has 0 atom stereocenters. The van der Waals surface area contributed by atoms with E-state index in [1.807, 2.05) is 6.92 Å². The lowest BCUT2D eigenvalue weighted by Crippen LogP contribution is -2.41. The topological polar surface area (TPSA) is 110 Å². The number of benzene rings is 1. The number of Topliss-reactive ketones (excluding diaryl/α,β-unsaturated/α-hetero) is 1. The van der Waals surface area contributed by atoms with E-state index in [9.17, 15) is 14.4 Å². The van der Waals surface area contributed by atoms with Crippen LogP contribution < -0.4 is 20.3 Å². The van der Waals surface area contributed by atoms with Crippen LogP contribution in [0.5, 0.6) is 11.5 Å². The molecule has 0 aliphatic rings. The molecule has 0 fully saturated rings. The first-order valence-corrected chi connectivity index (χ1v) is 7.57. The molecule has 1 aromatic heterocycles. The van der Waals surface area contributed by atoms with Crippen molar-refractivity contribution in [1.29, 1.82) is 0 Å². The number of hydrazine groups is 1. The van der Waals surface area contributed by atoms with E-state index in [1.165, 1.54) is 32.4 Å². The van der Waals surface area contributed by atoms with Crippen molar-refractivity contribution in [3.8, 4) is 11.5 Å². The zero-order valence-electron chi connectivity index (χ0n) is 14.1. The highest BCUT2D eigenvalue weighted by molar-refractivity contribution is 6.01. The van der Waals surface area contributed by atoms with Gasteiger partial charge in [-0.2, -0.15) is 0 Å². The highest BCUT2D eigenvalue weighted by atomic mass is 16.5. The van der Waals surface area contributed by atoms with Crippen LogP contribution in [0.3, 0.4) is 0 Å². The standard InChI is InChI=1S/C17H19N3O5/c1-4-25-14-6-5-11(8-15(14)24-3)16(22)19-20-17(23)13-7-12(9-18-13)10(2)21/h5-9,18H,4H2,1-3H3,(H,19,22)(H,20,23). The molecule has 0 saturated heterocycles. The lowest BCUT2D eigenvalue weighted by Gasteiger charge is -2.11. The number of H-pyrrole nitrogens is 1. The smallest absolute Gasteiger partial charge is 0.286 e. The Morgan fingerprint density at radius 1 is 1.04 bits per heavy atom. The van der Waals surface area contributed by atoms with Gasteiger partial charge in [-0.05, 0) is 38.1 Å². The van der Waals surface area contributed by atoms with Crippen LogP contribution in [0.4, 0.5) is 0 Å².